The number of halogens is 1. The van der Waals surface area contributed by atoms with Crippen molar-refractivity contribution in [2.45, 2.75) is 13.0 Å². The highest BCUT2D eigenvalue weighted by atomic mass is 19.1. The van der Waals surface area contributed by atoms with Crippen molar-refractivity contribution >= 4 is 0 Å². The van der Waals surface area contributed by atoms with Gasteiger partial charge in [0.05, 0.1) is 0 Å². The molecular weight excluding hydrogens is 215 g/mol. The Labute approximate surface area is 101 Å². The van der Waals surface area contributed by atoms with Gasteiger partial charge in [0.2, 0.25) is 0 Å². The topological polar surface area (TPSA) is 24.9 Å². The predicted octanol–water partition coefficient (Wildman–Crippen LogP) is 2.55. The van der Waals surface area contributed by atoms with Crippen molar-refractivity contribution in [3.05, 3.63) is 65.7 Å². The fraction of sp³-hybridized carbons (Fsp3) is 0.214. The Hall–Kier alpha value is -1.74. The Balaban J connectivity index is 1.73. The summed E-state index contributed by atoms with van der Waals surface area (Å²) in [5, 5.41) is 3.31. The minimum Gasteiger partial charge on any atom is -0.312 e. The van der Waals surface area contributed by atoms with Crippen molar-refractivity contribution in [3.8, 4) is 0 Å². The molecule has 0 fully saturated rings. The lowest BCUT2D eigenvalue weighted by atomic mass is 10.1. The summed E-state index contributed by atoms with van der Waals surface area (Å²) in [6.07, 6.45) is 4.43. The minimum absolute atomic E-state index is 0.172. The Bertz CT molecular complexity index is 457. The molecule has 0 radical (unpaired) electrons. The summed E-state index contributed by atoms with van der Waals surface area (Å²) in [5.41, 5.74) is 2.18. The van der Waals surface area contributed by atoms with Crippen molar-refractivity contribution in [2.75, 3.05) is 6.54 Å². The van der Waals surface area contributed by atoms with E-state index < -0.39 is 0 Å². The van der Waals surface area contributed by atoms with E-state index in [-0.39, 0.29) is 5.82 Å². The first-order valence-electron chi connectivity index (χ1n) is 5.68. The molecule has 0 aliphatic carbocycles. The standard InChI is InChI=1S/C14H15FN2/c15-14-5-1-3-12(9-14)6-8-17-11-13-4-2-7-16-10-13/h1-5,7,9-10,17H,6,8,11H2. The maximum atomic E-state index is 12.9. The molecule has 0 aliphatic rings. The Morgan fingerprint density at radius 2 is 2.00 bits per heavy atom. The number of hydrogen-bond donors (Lipinski definition) is 1. The highest BCUT2D eigenvalue weighted by Crippen LogP contribution is 2.03. The van der Waals surface area contributed by atoms with E-state index in [0.717, 1.165) is 30.6 Å². The molecule has 0 spiro atoms. The van der Waals surface area contributed by atoms with Gasteiger partial charge in [0.1, 0.15) is 5.82 Å². The molecule has 3 heteroatoms. The van der Waals surface area contributed by atoms with Crippen molar-refractivity contribution in [3.63, 3.8) is 0 Å². The van der Waals surface area contributed by atoms with E-state index in [1.165, 1.54) is 6.07 Å². The summed E-state index contributed by atoms with van der Waals surface area (Å²) < 4.78 is 12.9. The number of rotatable bonds is 5. The van der Waals surface area contributed by atoms with Gasteiger partial charge in [0, 0.05) is 18.9 Å². The number of aromatic nitrogens is 1. The largest absolute Gasteiger partial charge is 0.312 e. The molecule has 2 aromatic rings. The van der Waals surface area contributed by atoms with Gasteiger partial charge in [-0.05, 0) is 42.3 Å². The summed E-state index contributed by atoms with van der Waals surface area (Å²) >= 11 is 0. The van der Waals surface area contributed by atoms with Crippen LogP contribution in [-0.4, -0.2) is 11.5 Å². The fourth-order valence-electron chi connectivity index (χ4n) is 1.66. The van der Waals surface area contributed by atoms with E-state index in [0.29, 0.717) is 0 Å². The third-order valence-corrected chi connectivity index (χ3v) is 2.53. The third-order valence-electron chi connectivity index (χ3n) is 2.53. The van der Waals surface area contributed by atoms with Crippen LogP contribution in [0, 0.1) is 5.82 Å². The van der Waals surface area contributed by atoms with Crippen LogP contribution in [-0.2, 0) is 13.0 Å². The fourth-order valence-corrected chi connectivity index (χ4v) is 1.66. The van der Waals surface area contributed by atoms with Crippen LogP contribution in [0.25, 0.3) is 0 Å². The van der Waals surface area contributed by atoms with Crippen molar-refractivity contribution in [2.24, 2.45) is 0 Å². The van der Waals surface area contributed by atoms with E-state index >= 15 is 0 Å². The zero-order valence-electron chi connectivity index (χ0n) is 9.57. The Morgan fingerprint density at radius 1 is 1.12 bits per heavy atom. The summed E-state index contributed by atoms with van der Waals surface area (Å²) in [4.78, 5) is 4.04. The number of benzene rings is 1. The second-order valence-electron chi connectivity index (χ2n) is 3.92. The monoisotopic (exact) mass is 230 g/mol. The maximum Gasteiger partial charge on any atom is 0.123 e. The molecule has 0 saturated carbocycles. The second-order valence-corrected chi connectivity index (χ2v) is 3.92. The molecule has 1 heterocycles. The van der Waals surface area contributed by atoms with Gasteiger partial charge in [-0.3, -0.25) is 4.98 Å². The van der Waals surface area contributed by atoms with Crippen molar-refractivity contribution in [1.29, 1.82) is 0 Å². The van der Waals surface area contributed by atoms with Gasteiger partial charge in [0.25, 0.3) is 0 Å². The minimum atomic E-state index is -0.172. The highest BCUT2D eigenvalue weighted by Gasteiger charge is 1.95. The van der Waals surface area contributed by atoms with Gasteiger partial charge in [-0.2, -0.15) is 0 Å². The van der Waals surface area contributed by atoms with Gasteiger partial charge in [-0.25, -0.2) is 4.39 Å². The molecule has 0 saturated heterocycles. The summed E-state index contributed by atoms with van der Waals surface area (Å²) in [6.45, 7) is 1.63. The average molecular weight is 230 g/mol. The van der Waals surface area contributed by atoms with Gasteiger partial charge >= 0.3 is 0 Å². The lowest BCUT2D eigenvalue weighted by Crippen LogP contribution is -2.16. The third kappa shape index (κ3) is 3.96. The molecule has 0 amide bonds. The van der Waals surface area contributed by atoms with Crippen LogP contribution < -0.4 is 5.32 Å². The van der Waals surface area contributed by atoms with E-state index in [1.807, 2.05) is 24.4 Å². The molecule has 0 aliphatic heterocycles. The summed E-state index contributed by atoms with van der Waals surface area (Å²) in [6, 6.07) is 10.7. The first-order chi connectivity index (χ1) is 8.34. The predicted molar refractivity (Wildman–Crippen MR) is 66.0 cm³/mol. The molecule has 88 valence electrons. The van der Waals surface area contributed by atoms with Gasteiger partial charge < -0.3 is 5.32 Å². The van der Waals surface area contributed by atoms with Crippen LogP contribution in [0.5, 0.6) is 0 Å². The number of hydrogen-bond acceptors (Lipinski definition) is 2. The number of nitrogens with zero attached hydrogens (tertiary/aromatic N) is 1. The second kappa shape index (κ2) is 6.11. The normalized spacial score (nSPS) is 10.4. The SMILES string of the molecule is Fc1cccc(CCNCc2cccnc2)c1. The Morgan fingerprint density at radius 3 is 2.76 bits per heavy atom. The zero-order chi connectivity index (χ0) is 11.9. The van der Waals surface area contributed by atoms with Crippen LogP contribution in [0.4, 0.5) is 4.39 Å². The van der Waals surface area contributed by atoms with Gasteiger partial charge in [0.15, 0.2) is 0 Å². The molecule has 1 aromatic heterocycles. The Kier molecular flexibility index (Phi) is 4.22. The van der Waals surface area contributed by atoms with E-state index in [1.54, 1.807) is 18.3 Å². The van der Waals surface area contributed by atoms with Gasteiger partial charge in [-0.15, -0.1) is 0 Å². The smallest absolute Gasteiger partial charge is 0.123 e. The molecule has 1 aromatic carbocycles. The van der Waals surface area contributed by atoms with Crippen LogP contribution >= 0.6 is 0 Å². The highest BCUT2D eigenvalue weighted by molar-refractivity contribution is 5.16. The van der Waals surface area contributed by atoms with Crippen LogP contribution in [0.1, 0.15) is 11.1 Å². The number of pyridine rings is 1. The summed E-state index contributed by atoms with van der Waals surface area (Å²) in [5.74, 6) is -0.172. The first-order valence-corrected chi connectivity index (χ1v) is 5.68. The molecule has 2 nitrogen and oxygen atoms in total. The van der Waals surface area contributed by atoms with Crippen LogP contribution in [0.2, 0.25) is 0 Å². The van der Waals surface area contributed by atoms with E-state index in [2.05, 4.69) is 10.3 Å². The molecule has 0 unspecified atom stereocenters. The maximum absolute atomic E-state index is 12.9. The molecule has 0 atom stereocenters. The van der Waals surface area contributed by atoms with Crippen LogP contribution in [0.3, 0.4) is 0 Å². The molecular formula is C14H15FN2. The van der Waals surface area contributed by atoms with E-state index in [9.17, 15) is 4.39 Å². The van der Waals surface area contributed by atoms with Crippen LogP contribution in [0.15, 0.2) is 48.8 Å². The zero-order valence-corrected chi connectivity index (χ0v) is 9.57. The molecule has 1 N–H and O–H groups in total. The average Bonchev–Trinajstić information content (AvgIpc) is 2.36. The van der Waals surface area contributed by atoms with Gasteiger partial charge in [-0.1, -0.05) is 18.2 Å². The van der Waals surface area contributed by atoms with Crippen molar-refractivity contribution in [1.82, 2.24) is 10.3 Å². The summed E-state index contributed by atoms with van der Waals surface area (Å²) in [7, 11) is 0. The number of nitrogens with one attached hydrogen (secondary N) is 1. The lowest BCUT2D eigenvalue weighted by molar-refractivity contribution is 0.622. The first kappa shape index (κ1) is 11.7. The molecule has 0 bridgehead atoms. The molecule has 2 rings (SSSR count). The van der Waals surface area contributed by atoms with Crippen molar-refractivity contribution < 1.29 is 4.39 Å². The van der Waals surface area contributed by atoms with E-state index in [4.69, 9.17) is 0 Å². The lowest BCUT2D eigenvalue weighted by Gasteiger charge is -2.04. The molecule has 17 heavy (non-hydrogen) atoms. The quantitative estimate of drug-likeness (QED) is 0.798.